The van der Waals surface area contributed by atoms with E-state index in [4.69, 9.17) is 5.26 Å². The average molecular weight is 215 g/mol. The van der Waals surface area contributed by atoms with Crippen LogP contribution in [0, 0.1) is 33.3 Å². The highest BCUT2D eigenvalue weighted by Crippen LogP contribution is 2.15. The van der Waals surface area contributed by atoms with E-state index in [9.17, 15) is 10.1 Å². The molecule has 16 heavy (non-hydrogen) atoms. The first-order valence-corrected chi connectivity index (χ1v) is 4.50. The zero-order chi connectivity index (χ0) is 12.0. The Morgan fingerprint density at radius 2 is 2.12 bits per heavy atom. The van der Waals surface area contributed by atoms with Crippen LogP contribution in [0.25, 0.3) is 0 Å². The molecule has 1 N–H and O–H groups in total. The van der Waals surface area contributed by atoms with Crippen molar-refractivity contribution in [3.05, 3.63) is 39.4 Å². The molecule has 0 atom stereocenters. The van der Waals surface area contributed by atoms with Gasteiger partial charge in [0, 0.05) is 17.7 Å². The highest BCUT2D eigenvalue weighted by Gasteiger charge is 2.08. The molecule has 0 saturated heterocycles. The summed E-state index contributed by atoms with van der Waals surface area (Å²) >= 11 is 0. The second-order valence-electron chi connectivity index (χ2n) is 2.97. The molecule has 0 amide bonds. The number of nitrogens with zero attached hydrogens (tertiary/aromatic N) is 2. The number of nitro groups is 1. The van der Waals surface area contributed by atoms with Gasteiger partial charge in [-0.15, -0.1) is 0 Å². The topological polar surface area (TPSA) is 79.0 Å². The second kappa shape index (κ2) is 5.50. The van der Waals surface area contributed by atoms with Gasteiger partial charge in [-0.3, -0.25) is 10.1 Å². The third-order valence-electron chi connectivity index (χ3n) is 1.76. The van der Waals surface area contributed by atoms with E-state index in [1.165, 1.54) is 18.2 Å². The fraction of sp³-hybridized carbons (Fsp3) is 0.182. The van der Waals surface area contributed by atoms with Gasteiger partial charge in [0.15, 0.2) is 0 Å². The quantitative estimate of drug-likeness (QED) is 0.454. The van der Waals surface area contributed by atoms with Crippen molar-refractivity contribution >= 4 is 5.69 Å². The van der Waals surface area contributed by atoms with Gasteiger partial charge in [0.05, 0.1) is 23.1 Å². The molecular formula is C11H9N3O2. The minimum absolute atomic E-state index is 0.118. The molecule has 1 rings (SSSR count). The molecule has 0 aliphatic rings. The summed E-state index contributed by atoms with van der Waals surface area (Å²) in [6.07, 6.45) is 0. The number of benzene rings is 1. The molecule has 0 unspecified atom stereocenters. The maximum Gasteiger partial charge on any atom is 0.271 e. The SMILES string of the molecule is CNCC#Cc1cc(C#N)cc([N+](=O)[O-])c1. The van der Waals surface area contributed by atoms with E-state index in [0.717, 1.165) is 0 Å². The van der Waals surface area contributed by atoms with Crippen molar-refractivity contribution in [1.82, 2.24) is 5.32 Å². The number of hydrogen-bond donors (Lipinski definition) is 1. The summed E-state index contributed by atoms with van der Waals surface area (Å²) in [6, 6.07) is 5.96. The monoisotopic (exact) mass is 215 g/mol. The van der Waals surface area contributed by atoms with Crippen LogP contribution in [0.3, 0.4) is 0 Å². The summed E-state index contributed by atoms with van der Waals surface area (Å²) in [5, 5.41) is 22.1. The molecule has 0 bridgehead atoms. The van der Waals surface area contributed by atoms with Crippen molar-refractivity contribution in [3.63, 3.8) is 0 Å². The van der Waals surface area contributed by atoms with Crippen LogP contribution in [0.5, 0.6) is 0 Å². The van der Waals surface area contributed by atoms with Crippen LogP contribution < -0.4 is 5.32 Å². The Morgan fingerprint density at radius 3 is 2.69 bits per heavy atom. The second-order valence-corrected chi connectivity index (χ2v) is 2.97. The van der Waals surface area contributed by atoms with Crippen LogP contribution in [0.15, 0.2) is 18.2 Å². The van der Waals surface area contributed by atoms with Crippen molar-refractivity contribution in [1.29, 1.82) is 5.26 Å². The number of non-ortho nitro benzene ring substituents is 1. The van der Waals surface area contributed by atoms with Gasteiger partial charge in [-0.25, -0.2) is 0 Å². The summed E-state index contributed by atoms with van der Waals surface area (Å²) in [7, 11) is 1.75. The molecule has 0 fully saturated rings. The van der Waals surface area contributed by atoms with Crippen LogP contribution in [0.1, 0.15) is 11.1 Å². The standard InChI is InChI=1S/C11H9N3O2/c1-13-4-2-3-9-5-10(8-12)7-11(6-9)14(15)16/h5-7,13H,4H2,1H3. The lowest BCUT2D eigenvalue weighted by Crippen LogP contribution is -2.04. The molecule has 1 aromatic rings. The van der Waals surface area contributed by atoms with Gasteiger partial charge in [0.25, 0.3) is 5.69 Å². The van der Waals surface area contributed by atoms with Gasteiger partial charge in [0.1, 0.15) is 0 Å². The van der Waals surface area contributed by atoms with E-state index >= 15 is 0 Å². The Balaban J connectivity index is 3.12. The van der Waals surface area contributed by atoms with Crippen molar-refractivity contribution in [2.75, 3.05) is 13.6 Å². The van der Waals surface area contributed by atoms with Crippen molar-refractivity contribution in [2.24, 2.45) is 0 Å². The van der Waals surface area contributed by atoms with Crippen molar-refractivity contribution in [3.8, 4) is 17.9 Å². The number of nitriles is 1. The Bertz CT molecular complexity index is 506. The lowest BCUT2D eigenvalue weighted by molar-refractivity contribution is -0.384. The predicted octanol–water partition coefficient (Wildman–Crippen LogP) is 1.04. The Labute approximate surface area is 92.9 Å². The Hall–Kier alpha value is -2.37. The van der Waals surface area contributed by atoms with Crippen molar-refractivity contribution in [2.45, 2.75) is 0 Å². The van der Waals surface area contributed by atoms with Gasteiger partial charge in [-0.2, -0.15) is 5.26 Å². The van der Waals surface area contributed by atoms with E-state index in [-0.39, 0.29) is 11.3 Å². The zero-order valence-electron chi connectivity index (χ0n) is 8.65. The van der Waals surface area contributed by atoms with E-state index in [1.54, 1.807) is 7.05 Å². The molecule has 1 aromatic carbocycles. The summed E-state index contributed by atoms with van der Waals surface area (Å²) in [4.78, 5) is 10.0. The number of hydrogen-bond acceptors (Lipinski definition) is 4. The molecule has 0 saturated carbocycles. The van der Waals surface area contributed by atoms with Gasteiger partial charge < -0.3 is 5.32 Å². The molecule has 0 aliphatic carbocycles. The first-order chi connectivity index (χ1) is 7.67. The van der Waals surface area contributed by atoms with E-state index in [0.29, 0.717) is 12.1 Å². The summed E-state index contributed by atoms with van der Waals surface area (Å²) < 4.78 is 0. The van der Waals surface area contributed by atoms with Crippen molar-refractivity contribution < 1.29 is 4.92 Å². The molecule has 0 spiro atoms. The fourth-order valence-corrected chi connectivity index (χ4v) is 1.09. The zero-order valence-corrected chi connectivity index (χ0v) is 8.65. The highest BCUT2D eigenvalue weighted by molar-refractivity contribution is 5.50. The first kappa shape index (κ1) is 11.7. The molecule has 0 aromatic heterocycles. The highest BCUT2D eigenvalue weighted by atomic mass is 16.6. The first-order valence-electron chi connectivity index (χ1n) is 4.50. The lowest BCUT2D eigenvalue weighted by atomic mass is 10.1. The summed E-state index contributed by atoms with van der Waals surface area (Å²) in [5.41, 5.74) is 0.594. The lowest BCUT2D eigenvalue weighted by Gasteiger charge is -1.94. The van der Waals surface area contributed by atoms with E-state index < -0.39 is 4.92 Å². The largest absolute Gasteiger partial charge is 0.309 e. The molecule has 0 aliphatic heterocycles. The molecular weight excluding hydrogens is 206 g/mol. The fourth-order valence-electron chi connectivity index (χ4n) is 1.09. The van der Waals surface area contributed by atoms with E-state index in [2.05, 4.69) is 17.2 Å². The van der Waals surface area contributed by atoms with Crippen LogP contribution >= 0.6 is 0 Å². The normalized spacial score (nSPS) is 8.75. The maximum absolute atomic E-state index is 10.6. The van der Waals surface area contributed by atoms with Crippen LogP contribution in [-0.2, 0) is 0 Å². The number of nitrogens with one attached hydrogen (secondary N) is 1. The average Bonchev–Trinajstić information content (AvgIpc) is 2.29. The molecule has 0 radical (unpaired) electrons. The van der Waals surface area contributed by atoms with Crippen LogP contribution in [0.4, 0.5) is 5.69 Å². The third-order valence-corrected chi connectivity index (χ3v) is 1.76. The van der Waals surface area contributed by atoms with Crippen LogP contribution in [-0.4, -0.2) is 18.5 Å². The van der Waals surface area contributed by atoms with Gasteiger partial charge in [-0.05, 0) is 13.1 Å². The third kappa shape index (κ3) is 3.09. The van der Waals surface area contributed by atoms with Gasteiger partial charge >= 0.3 is 0 Å². The molecule has 5 heteroatoms. The Kier molecular flexibility index (Phi) is 4.02. The van der Waals surface area contributed by atoms with Crippen LogP contribution in [0.2, 0.25) is 0 Å². The van der Waals surface area contributed by atoms with Gasteiger partial charge in [-0.1, -0.05) is 11.8 Å². The van der Waals surface area contributed by atoms with E-state index in [1.807, 2.05) is 6.07 Å². The summed E-state index contributed by atoms with van der Waals surface area (Å²) in [6.45, 7) is 0.491. The number of rotatable bonds is 2. The minimum atomic E-state index is -0.538. The van der Waals surface area contributed by atoms with Gasteiger partial charge in [0.2, 0.25) is 0 Å². The Morgan fingerprint density at radius 1 is 1.44 bits per heavy atom. The molecule has 5 nitrogen and oxygen atoms in total. The number of nitro benzene ring substituents is 1. The minimum Gasteiger partial charge on any atom is -0.309 e. The maximum atomic E-state index is 10.6. The summed E-state index contributed by atoms with van der Waals surface area (Å²) in [5.74, 6) is 5.52. The molecule has 0 heterocycles. The predicted molar refractivity (Wildman–Crippen MR) is 58.6 cm³/mol. The molecule has 80 valence electrons. The smallest absolute Gasteiger partial charge is 0.271 e.